The van der Waals surface area contributed by atoms with Gasteiger partial charge in [0.1, 0.15) is 5.82 Å². The Kier molecular flexibility index (Phi) is 5.48. The van der Waals surface area contributed by atoms with E-state index in [4.69, 9.17) is 0 Å². The Bertz CT molecular complexity index is 1050. The van der Waals surface area contributed by atoms with E-state index >= 15 is 0 Å². The summed E-state index contributed by atoms with van der Waals surface area (Å²) in [5, 5.41) is 15.8. The second-order valence-electron chi connectivity index (χ2n) is 7.25. The molecule has 2 aromatic heterocycles. The third-order valence-corrected chi connectivity index (χ3v) is 5.14. The lowest BCUT2D eigenvalue weighted by Crippen LogP contribution is -2.42. The lowest BCUT2D eigenvalue weighted by molar-refractivity contribution is 0.187. The third-order valence-electron chi connectivity index (χ3n) is 5.14. The molecule has 0 saturated carbocycles. The van der Waals surface area contributed by atoms with Gasteiger partial charge in [-0.1, -0.05) is 30.3 Å². The van der Waals surface area contributed by atoms with Crippen LogP contribution in [-0.2, 0) is 4.74 Å². The van der Waals surface area contributed by atoms with Crippen LogP contribution in [0.25, 0.3) is 10.9 Å². The molecule has 4 rings (SSSR count). The van der Waals surface area contributed by atoms with E-state index in [2.05, 4.69) is 52.9 Å². The number of likely N-dealkylation sites (N-methyl/N-ethyl adjacent to an activating group) is 1. The Labute approximate surface area is 173 Å². The monoisotopic (exact) mass is 409 g/mol. The molecule has 0 unspecified atom stereocenters. The first-order valence-corrected chi connectivity index (χ1v) is 9.53. The Morgan fingerprint density at radius 3 is 2.77 bits per heavy atom. The van der Waals surface area contributed by atoms with Crippen LogP contribution in [0.3, 0.4) is 0 Å². The molecule has 1 fully saturated rings. The summed E-state index contributed by atoms with van der Waals surface area (Å²) < 4.78 is 4.57. The van der Waals surface area contributed by atoms with Crippen molar-refractivity contribution in [2.24, 2.45) is 0 Å². The average molecular weight is 409 g/mol. The molecule has 2 atom stereocenters. The molecule has 1 aliphatic rings. The number of carbonyl (C=O) groups is 2. The van der Waals surface area contributed by atoms with Gasteiger partial charge in [-0.25, -0.2) is 14.6 Å². The van der Waals surface area contributed by atoms with Crippen LogP contribution >= 0.6 is 0 Å². The van der Waals surface area contributed by atoms with Crippen LogP contribution in [0.15, 0.2) is 42.6 Å². The van der Waals surface area contributed by atoms with Gasteiger partial charge in [0, 0.05) is 31.3 Å². The maximum absolute atomic E-state index is 12.6. The van der Waals surface area contributed by atoms with Crippen LogP contribution in [0.5, 0.6) is 0 Å². The summed E-state index contributed by atoms with van der Waals surface area (Å²) in [5.41, 5.74) is 1.82. The molecule has 10 nitrogen and oxygen atoms in total. The number of hydrogen-bond acceptors (Lipinski definition) is 6. The fourth-order valence-corrected chi connectivity index (χ4v) is 3.73. The number of methoxy groups -OCH3 is 1. The molecule has 3 heterocycles. The number of aromatic amines is 1. The van der Waals surface area contributed by atoms with Gasteiger partial charge in [0.05, 0.1) is 24.1 Å². The van der Waals surface area contributed by atoms with Gasteiger partial charge < -0.3 is 15.0 Å². The van der Waals surface area contributed by atoms with Crippen LogP contribution in [0, 0.1) is 0 Å². The molecule has 1 aliphatic heterocycles. The summed E-state index contributed by atoms with van der Waals surface area (Å²) in [6.45, 7) is 1.64. The first-order valence-electron chi connectivity index (χ1n) is 9.53. The van der Waals surface area contributed by atoms with Crippen molar-refractivity contribution >= 4 is 34.7 Å². The number of H-pyrrole nitrogens is 1. The summed E-state index contributed by atoms with van der Waals surface area (Å²) in [6.07, 6.45) is 0.898. The number of urea groups is 1. The summed E-state index contributed by atoms with van der Waals surface area (Å²) in [6, 6.07) is 11.5. The standard InChI is InChI=1S/C20H23N7O3/c1-27-10-14(12-6-4-3-5-7-12)16(11-27)22-19(28)23-17-8-15-13(9-21-17)18(26-25-15)24-20(29)30-2/h3-9,14,16H,10-11H2,1-2H3,(H2,21,22,23,28)(H2,24,25,26,29)/t14-,16+/m0/s1. The zero-order valence-corrected chi connectivity index (χ0v) is 16.7. The molecule has 0 radical (unpaired) electrons. The number of fused-ring (bicyclic) bond motifs is 1. The fraction of sp³-hybridized carbons (Fsp3) is 0.300. The summed E-state index contributed by atoms with van der Waals surface area (Å²) in [5.74, 6) is 0.896. The Balaban J connectivity index is 1.43. The van der Waals surface area contributed by atoms with E-state index in [0.29, 0.717) is 22.5 Å². The minimum absolute atomic E-state index is 0.0101. The second-order valence-corrected chi connectivity index (χ2v) is 7.25. The third kappa shape index (κ3) is 4.18. The number of likely N-dealkylation sites (tertiary alicyclic amines) is 1. The van der Waals surface area contributed by atoms with E-state index in [9.17, 15) is 9.59 Å². The molecule has 3 amide bonds. The molecule has 3 aromatic rings. The fourth-order valence-electron chi connectivity index (χ4n) is 3.73. The molecule has 1 saturated heterocycles. The van der Waals surface area contributed by atoms with Crippen molar-refractivity contribution in [3.05, 3.63) is 48.2 Å². The highest BCUT2D eigenvalue weighted by molar-refractivity contribution is 5.98. The van der Waals surface area contributed by atoms with Gasteiger partial charge in [-0.15, -0.1) is 0 Å². The van der Waals surface area contributed by atoms with Gasteiger partial charge in [-0.2, -0.15) is 5.10 Å². The van der Waals surface area contributed by atoms with E-state index in [1.165, 1.54) is 18.9 Å². The first-order chi connectivity index (χ1) is 14.5. The van der Waals surface area contributed by atoms with Crippen LogP contribution in [-0.4, -0.2) is 65.5 Å². The molecule has 4 N–H and O–H groups in total. The number of pyridine rings is 1. The Morgan fingerprint density at radius 1 is 1.20 bits per heavy atom. The van der Waals surface area contributed by atoms with E-state index in [0.717, 1.165) is 13.1 Å². The summed E-state index contributed by atoms with van der Waals surface area (Å²) >= 11 is 0. The normalized spacial score (nSPS) is 18.9. The number of benzene rings is 1. The molecule has 0 aliphatic carbocycles. The van der Waals surface area contributed by atoms with Crippen LogP contribution in [0.1, 0.15) is 11.5 Å². The van der Waals surface area contributed by atoms with Crippen molar-refractivity contribution in [2.75, 3.05) is 37.9 Å². The van der Waals surface area contributed by atoms with E-state index in [1.807, 2.05) is 25.2 Å². The molecule has 0 bridgehead atoms. The summed E-state index contributed by atoms with van der Waals surface area (Å²) in [7, 11) is 3.32. The lowest BCUT2D eigenvalue weighted by Gasteiger charge is -2.20. The van der Waals surface area contributed by atoms with Gasteiger partial charge in [0.2, 0.25) is 0 Å². The number of nitrogens with zero attached hydrogens (tertiary/aromatic N) is 3. The van der Waals surface area contributed by atoms with Crippen molar-refractivity contribution in [1.82, 2.24) is 25.4 Å². The lowest BCUT2D eigenvalue weighted by atomic mass is 9.94. The van der Waals surface area contributed by atoms with Crippen molar-refractivity contribution in [1.29, 1.82) is 0 Å². The van der Waals surface area contributed by atoms with Crippen molar-refractivity contribution < 1.29 is 14.3 Å². The number of nitrogens with one attached hydrogen (secondary N) is 4. The van der Waals surface area contributed by atoms with Gasteiger partial charge in [-0.3, -0.25) is 15.7 Å². The number of anilines is 2. The van der Waals surface area contributed by atoms with E-state index < -0.39 is 6.09 Å². The number of carbonyl (C=O) groups excluding carboxylic acids is 2. The molecular formula is C20H23N7O3. The number of aromatic nitrogens is 3. The van der Waals surface area contributed by atoms with E-state index in [1.54, 1.807) is 6.07 Å². The number of rotatable bonds is 4. The maximum atomic E-state index is 12.6. The van der Waals surface area contributed by atoms with Gasteiger partial charge >= 0.3 is 12.1 Å². The molecule has 1 aromatic carbocycles. The average Bonchev–Trinajstić information content (AvgIpc) is 3.31. The number of ether oxygens (including phenoxy) is 1. The minimum Gasteiger partial charge on any atom is -0.453 e. The molecule has 10 heteroatoms. The van der Waals surface area contributed by atoms with Crippen molar-refractivity contribution in [3.63, 3.8) is 0 Å². The van der Waals surface area contributed by atoms with Crippen molar-refractivity contribution in [3.8, 4) is 0 Å². The highest BCUT2D eigenvalue weighted by atomic mass is 16.5. The highest BCUT2D eigenvalue weighted by Gasteiger charge is 2.33. The smallest absolute Gasteiger partial charge is 0.412 e. The SMILES string of the molecule is COC(=O)Nc1n[nH]c2cc(NC(=O)N[C@@H]3CN(C)C[C@H]3c3ccccc3)ncc12. The predicted octanol–water partition coefficient (Wildman–Crippen LogP) is 2.36. The largest absolute Gasteiger partial charge is 0.453 e. The zero-order chi connectivity index (χ0) is 21.1. The van der Waals surface area contributed by atoms with Gasteiger partial charge in [-0.05, 0) is 12.6 Å². The molecule has 156 valence electrons. The Morgan fingerprint density at radius 2 is 2.00 bits per heavy atom. The minimum atomic E-state index is -0.625. The number of hydrogen-bond donors (Lipinski definition) is 4. The molecule has 30 heavy (non-hydrogen) atoms. The highest BCUT2D eigenvalue weighted by Crippen LogP contribution is 2.27. The first kappa shape index (κ1) is 19.6. The van der Waals surface area contributed by atoms with Gasteiger partial charge in [0.15, 0.2) is 5.82 Å². The van der Waals surface area contributed by atoms with E-state index in [-0.39, 0.29) is 18.0 Å². The van der Waals surface area contributed by atoms with Crippen LogP contribution in [0.4, 0.5) is 21.2 Å². The molecular weight excluding hydrogens is 386 g/mol. The maximum Gasteiger partial charge on any atom is 0.412 e. The Hall–Kier alpha value is -3.66. The number of amides is 3. The van der Waals surface area contributed by atoms with Crippen molar-refractivity contribution in [2.45, 2.75) is 12.0 Å². The second kappa shape index (κ2) is 8.37. The topological polar surface area (TPSA) is 124 Å². The van der Waals surface area contributed by atoms with Crippen LogP contribution < -0.4 is 16.0 Å². The quantitative estimate of drug-likeness (QED) is 0.524. The molecule has 0 spiro atoms. The van der Waals surface area contributed by atoms with Gasteiger partial charge in [0.25, 0.3) is 0 Å². The predicted molar refractivity (Wildman–Crippen MR) is 113 cm³/mol. The van der Waals surface area contributed by atoms with Crippen LogP contribution in [0.2, 0.25) is 0 Å². The zero-order valence-electron chi connectivity index (χ0n) is 16.7. The summed E-state index contributed by atoms with van der Waals surface area (Å²) in [4.78, 5) is 30.4.